The highest BCUT2D eigenvalue weighted by Gasteiger charge is 2.47. The lowest BCUT2D eigenvalue weighted by atomic mass is 9.64. The monoisotopic (exact) mass is 328 g/mol. The van der Waals surface area contributed by atoms with Gasteiger partial charge in [0, 0.05) is 33.2 Å². The fraction of sp³-hybridized carbons (Fsp3) is 0.538. The number of nitrogens with one attached hydrogen (secondary N) is 1. The molecule has 1 saturated carbocycles. The van der Waals surface area contributed by atoms with Gasteiger partial charge in [0.1, 0.15) is 0 Å². The zero-order chi connectivity index (χ0) is 14.4. The van der Waals surface area contributed by atoms with Crippen LogP contribution in [0.4, 0.5) is 11.4 Å². The number of rotatable bonds is 3. The second kappa shape index (κ2) is 4.76. The van der Waals surface area contributed by atoms with Crippen LogP contribution in [0.15, 0.2) is 16.6 Å². The smallest absolute Gasteiger partial charge is 0.273 e. The molecular formula is C13H17BrN2O3. The number of hydrogen-bond acceptors (Lipinski definition) is 4. The largest absolute Gasteiger partial charge is 0.392 e. The molecule has 0 amide bonds. The predicted octanol–water partition coefficient (Wildman–Crippen LogP) is 3.24. The van der Waals surface area contributed by atoms with Crippen LogP contribution in [0.3, 0.4) is 0 Å². The lowest BCUT2D eigenvalue weighted by Gasteiger charge is -2.50. The molecule has 2 N–H and O–H groups in total. The summed E-state index contributed by atoms with van der Waals surface area (Å²) in [5.74, 6) is 0. The molecule has 0 radical (unpaired) electrons. The summed E-state index contributed by atoms with van der Waals surface area (Å²) in [6, 6.07) is 3.45. The van der Waals surface area contributed by atoms with Crippen LogP contribution in [0, 0.1) is 22.5 Å². The summed E-state index contributed by atoms with van der Waals surface area (Å²) in [7, 11) is 0. The lowest BCUT2D eigenvalue weighted by Crippen LogP contribution is -2.56. The Morgan fingerprint density at radius 3 is 2.63 bits per heavy atom. The minimum atomic E-state index is -0.388. The maximum Gasteiger partial charge on any atom is 0.273 e. The molecule has 19 heavy (non-hydrogen) atoms. The Morgan fingerprint density at radius 2 is 2.16 bits per heavy atom. The van der Waals surface area contributed by atoms with Crippen molar-refractivity contribution in [2.24, 2.45) is 5.41 Å². The molecule has 1 fully saturated rings. The first-order valence-electron chi connectivity index (χ1n) is 6.12. The highest BCUT2D eigenvalue weighted by Crippen LogP contribution is 2.43. The molecule has 104 valence electrons. The van der Waals surface area contributed by atoms with E-state index in [0.717, 1.165) is 5.69 Å². The molecule has 1 aliphatic carbocycles. The van der Waals surface area contributed by atoms with Crippen molar-refractivity contribution in [1.29, 1.82) is 0 Å². The maximum absolute atomic E-state index is 10.9. The van der Waals surface area contributed by atoms with E-state index in [-0.39, 0.29) is 28.2 Å². The number of benzene rings is 1. The van der Waals surface area contributed by atoms with E-state index in [2.05, 4.69) is 21.2 Å². The third-order valence-corrected chi connectivity index (χ3v) is 4.68. The molecule has 6 heteroatoms. The van der Waals surface area contributed by atoms with Crippen molar-refractivity contribution in [2.75, 3.05) is 5.32 Å². The first-order chi connectivity index (χ1) is 8.73. The number of nitro benzene ring substituents is 1. The number of aliphatic hydroxyl groups is 1. The first kappa shape index (κ1) is 14.3. The van der Waals surface area contributed by atoms with Crippen molar-refractivity contribution in [3.05, 3.63) is 32.3 Å². The van der Waals surface area contributed by atoms with Crippen LogP contribution in [0.25, 0.3) is 0 Å². The topological polar surface area (TPSA) is 75.4 Å². The van der Waals surface area contributed by atoms with Gasteiger partial charge in [0.2, 0.25) is 0 Å². The average Bonchev–Trinajstić information content (AvgIpc) is 2.32. The lowest BCUT2D eigenvalue weighted by molar-refractivity contribution is -0.385. The fourth-order valence-electron chi connectivity index (χ4n) is 2.31. The fourth-order valence-corrected chi connectivity index (χ4v) is 2.76. The Labute approximate surface area is 120 Å². The van der Waals surface area contributed by atoms with E-state index in [9.17, 15) is 15.2 Å². The number of nitrogens with zero attached hydrogens (tertiary/aromatic N) is 1. The first-order valence-corrected chi connectivity index (χ1v) is 6.92. The van der Waals surface area contributed by atoms with Gasteiger partial charge in [0.15, 0.2) is 0 Å². The van der Waals surface area contributed by atoms with Crippen LogP contribution in [0.2, 0.25) is 0 Å². The molecule has 0 spiro atoms. The molecule has 1 aliphatic rings. The van der Waals surface area contributed by atoms with Crippen molar-refractivity contribution in [2.45, 2.75) is 39.3 Å². The van der Waals surface area contributed by atoms with Crippen LogP contribution >= 0.6 is 15.9 Å². The number of aryl methyl sites for hydroxylation is 1. The molecule has 0 heterocycles. The number of anilines is 1. The Bertz CT molecular complexity index is 531. The minimum absolute atomic E-state index is 0.102. The average molecular weight is 329 g/mol. The summed E-state index contributed by atoms with van der Waals surface area (Å²) in [5.41, 5.74) is 1.36. The van der Waals surface area contributed by atoms with E-state index >= 15 is 0 Å². The molecule has 2 unspecified atom stereocenters. The van der Waals surface area contributed by atoms with Crippen LogP contribution in [0.5, 0.6) is 0 Å². The minimum Gasteiger partial charge on any atom is -0.392 e. The van der Waals surface area contributed by atoms with E-state index in [4.69, 9.17) is 0 Å². The van der Waals surface area contributed by atoms with Crippen LogP contribution in [0.1, 0.15) is 25.8 Å². The molecule has 5 nitrogen and oxygen atoms in total. The molecule has 0 aromatic heterocycles. The third-order valence-electron chi connectivity index (χ3n) is 4.03. The van der Waals surface area contributed by atoms with Gasteiger partial charge in [0.05, 0.1) is 11.0 Å². The molecule has 2 atom stereocenters. The van der Waals surface area contributed by atoms with Gasteiger partial charge in [0.25, 0.3) is 5.69 Å². The third kappa shape index (κ3) is 2.47. The van der Waals surface area contributed by atoms with Crippen molar-refractivity contribution in [1.82, 2.24) is 0 Å². The number of hydrogen-bond donors (Lipinski definition) is 2. The molecule has 0 aliphatic heterocycles. The molecule has 2 rings (SSSR count). The highest BCUT2D eigenvalue weighted by atomic mass is 79.9. The molecule has 1 aromatic carbocycles. The summed E-state index contributed by atoms with van der Waals surface area (Å²) in [6.45, 7) is 5.73. The maximum atomic E-state index is 10.9. The van der Waals surface area contributed by atoms with Gasteiger partial charge in [-0.3, -0.25) is 10.1 Å². The van der Waals surface area contributed by atoms with Crippen molar-refractivity contribution < 1.29 is 10.0 Å². The van der Waals surface area contributed by atoms with Gasteiger partial charge in [-0.15, -0.1) is 0 Å². The standard InChI is InChI=1S/C13H17BrN2O3/c1-7-4-9(8(14)5-10(7)16(18)19)15-11-6-12(17)13(11,2)3/h4-5,11-12,15,17H,6H2,1-3H3. The van der Waals surface area contributed by atoms with Crippen LogP contribution in [-0.4, -0.2) is 22.2 Å². The Morgan fingerprint density at radius 1 is 1.53 bits per heavy atom. The summed E-state index contributed by atoms with van der Waals surface area (Å²) < 4.78 is 0.669. The highest BCUT2D eigenvalue weighted by molar-refractivity contribution is 9.10. The summed E-state index contributed by atoms with van der Waals surface area (Å²) in [6.07, 6.45) is 0.387. The van der Waals surface area contributed by atoms with Crippen LogP contribution < -0.4 is 5.32 Å². The molecule has 1 aromatic rings. The summed E-state index contributed by atoms with van der Waals surface area (Å²) >= 11 is 3.35. The Hall–Kier alpha value is -1.14. The molecular weight excluding hydrogens is 312 g/mol. The van der Waals surface area contributed by atoms with E-state index in [1.165, 1.54) is 6.07 Å². The van der Waals surface area contributed by atoms with E-state index in [0.29, 0.717) is 16.5 Å². The molecule has 0 bridgehead atoms. The zero-order valence-corrected chi connectivity index (χ0v) is 12.7. The van der Waals surface area contributed by atoms with Gasteiger partial charge < -0.3 is 10.4 Å². The zero-order valence-electron chi connectivity index (χ0n) is 11.1. The quantitative estimate of drug-likeness (QED) is 0.659. The predicted molar refractivity (Wildman–Crippen MR) is 77.3 cm³/mol. The van der Waals surface area contributed by atoms with E-state index in [1.807, 2.05) is 13.8 Å². The molecule has 0 saturated heterocycles. The van der Waals surface area contributed by atoms with Crippen LogP contribution in [-0.2, 0) is 0 Å². The van der Waals surface area contributed by atoms with Gasteiger partial charge in [-0.05, 0) is 35.3 Å². The second-order valence-electron chi connectivity index (χ2n) is 5.65. The Kier molecular flexibility index (Phi) is 3.57. The SMILES string of the molecule is Cc1cc(NC2CC(O)C2(C)C)c(Br)cc1[N+](=O)[O-]. The van der Waals surface area contributed by atoms with Crippen molar-refractivity contribution in [3.8, 4) is 0 Å². The second-order valence-corrected chi connectivity index (χ2v) is 6.50. The Balaban J connectivity index is 2.23. The van der Waals surface area contributed by atoms with E-state index in [1.54, 1.807) is 13.0 Å². The van der Waals surface area contributed by atoms with Gasteiger partial charge in [-0.2, -0.15) is 0 Å². The number of nitro groups is 1. The normalized spacial score (nSPS) is 24.7. The van der Waals surface area contributed by atoms with Gasteiger partial charge in [-0.1, -0.05) is 13.8 Å². The number of aliphatic hydroxyl groups excluding tert-OH is 1. The number of halogens is 1. The summed E-state index contributed by atoms with van der Waals surface area (Å²) in [5, 5.41) is 23.9. The van der Waals surface area contributed by atoms with Gasteiger partial charge >= 0.3 is 0 Å². The van der Waals surface area contributed by atoms with Gasteiger partial charge in [-0.25, -0.2) is 0 Å². The van der Waals surface area contributed by atoms with E-state index < -0.39 is 0 Å². The summed E-state index contributed by atoms with van der Waals surface area (Å²) in [4.78, 5) is 10.5. The van der Waals surface area contributed by atoms with Crippen molar-refractivity contribution in [3.63, 3.8) is 0 Å². The van der Waals surface area contributed by atoms with Crippen molar-refractivity contribution >= 4 is 27.3 Å².